The van der Waals surface area contributed by atoms with E-state index in [1.165, 1.54) is 38.0 Å². The minimum atomic E-state index is -0.256. The molecule has 2 saturated carbocycles. The van der Waals surface area contributed by atoms with Gasteiger partial charge in [-0.1, -0.05) is 19.1 Å². The number of rotatable bonds is 3. The van der Waals surface area contributed by atoms with Gasteiger partial charge in [0.2, 0.25) is 0 Å². The molecule has 0 saturated heterocycles. The van der Waals surface area contributed by atoms with Gasteiger partial charge >= 0.3 is 5.97 Å². The third-order valence-electron chi connectivity index (χ3n) is 4.43. The van der Waals surface area contributed by atoms with Crippen LogP contribution in [-0.4, -0.2) is 5.97 Å². The molecule has 3 atom stereocenters. The van der Waals surface area contributed by atoms with Gasteiger partial charge in [-0.25, -0.2) is 0 Å². The van der Waals surface area contributed by atoms with Gasteiger partial charge < -0.3 is 4.74 Å². The molecule has 0 aromatic carbocycles. The Morgan fingerprint density at radius 2 is 2.38 bits per heavy atom. The van der Waals surface area contributed by atoms with Gasteiger partial charge in [-0.3, -0.25) is 4.79 Å². The summed E-state index contributed by atoms with van der Waals surface area (Å²) >= 11 is 0. The lowest BCUT2D eigenvalue weighted by atomic mass is 9.70. The van der Waals surface area contributed by atoms with Crippen LogP contribution in [0.25, 0.3) is 0 Å². The van der Waals surface area contributed by atoms with E-state index < -0.39 is 0 Å². The van der Waals surface area contributed by atoms with Gasteiger partial charge in [0, 0.05) is 6.92 Å². The summed E-state index contributed by atoms with van der Waals surface area (Å²) in [6.45, 7) is 7.98. The molecule has 2 fully saturated rings. The van der Waals surface area contributed by atoms with Crippen molar-refractivity contribution in [1.29, 1.82) is 0 Å². The molecule has 0 amide bonds. The topological polar surface area (TPSA) is 26.3 Å². The standard InChI is InChI=1S/C14H20O2/c1-10-12-5-6-13(9-12)14(10,3)7-4-8-16-11(2)15/h4,8,12-13H,1,5-7,9H2,2-3H3/t12-,13+,14+/m1/s1. The van der Waals surface area contributed by atoms with Crippen molar-refractivity contribution in [3.63, 3.8) is 0 Å². The van der Waals surface area contributed by atoms with Crippen molar-refractivity contribution >= 4 is 5.97 Å². The molecular weight excluding hydrogens is 200 g/mol. The Bertz CT molecular complexity index is 343. The van der Waals surface area contributed by atoms with E-state index in [9.17, 15) is 4.79 Å². The van der Waals surface area contributed by atoms with Gasteiger partial charge in [-0.05, 0) is 49.0 Å². The summed E-state index contributed by atoms with van der Waals surface area (Å²) in [7, 11) is 0. The maximum atomic E-state index is 10.6. The molecule has 0 unspecified atom stereocenters. The predicted molar refractivity (Wildman–Crippen MR) is 63.6 cm³/mol. The van der Waals surface area contributed by atoms with Crippen molar-refractivity contribution in [1.82, 2.24) is 0 Å². The molecular formula is C14H20O2. The van der Waals surface area contributed by atoms with E-state index in [1.54, 1.807) is 0 Å². The van der Waals surface area contributed by atoms with Crippen LogP contribution in [0.5, 0.6) is 0 Å². The fraction of sp³-hybridized carbons (Fsp3) is 0.643. The minimum Gasteiger partial charge on any atom is -0.435 e. The highest BCUT2D eigenvalue weighted by molar-refractivity contribution is 5.66. The quantitative estimate of drug-likeness (QED) is 0.413. The average molecular weight is 220 g/mol. The van der Waals surface area contributed by atoms with Gasteiger partial charge in [0.05, 0.1) is 6.26 Å². The van der Waals surface area contributed by atoms with Crippen LogP contribution in [0.15, 0.2) is 24.5 Å². The van der Waals surface area contributed by atoms with E-state index in [2.05, 4.69) is 13.5 Å². The summed E-state index contributed by atoms with van der Waals surface area (Å²) in [5, 5.41) is 0. The monoisotopic (exact) mass is 220 g/mol. The first-order chi connectivity index (χ1) is 7.54. The van der Waals surface area contributed by atoms with Crippen molar-refractivity contribution < 1.29 is 9.53 Å². The number of hydrogen-bond acceptors (Lipinski definition) is 2. The summed E-state index contributed by atoms with van der Waals surface area (Å²) in [6.07, 6.45) is 8.41. The van der Waals surface area contributed by atoms with Crippen molar-refractivity contribution in [2.75, 3.05) is 0 Å². The molecule has 2 bridgehead atoms. The molecule has 2 aliphatic rings. The number of hydrogen-bond donors (Lipinski definition) is 0. The highest BCUT2D eigenvalue weighted by atomic mass is 16.5. The first-order valence-corrected chi connectivity index (χ1v) is 6.05. The molecule has 0 aliphatic heterocycles. The van der Waals surface area contributed by atoms with Gasteiger partial charge in [-0.15, -0.1) is 0 Å². The van der Waals surface area contributed by atoms with Crippen LogP contribution in [0, 0.1) is 17.3 Å². The zero-order valence-electron chi connectivity index (χ0n) is 10.2. The second kappa shape index (κ2) is 4.08. The maximum absolute atomic E-state index is 10.6. The Morgan fingerprint density at radius 3 is 2.94 bits per heavy atom. The van der Waals surface area contributed by atoms with E-state index >= 15 is 0 Å². The minimum absolute atomic E-state index is 0.236. The average Bonchev–Trinajstić information content (AvgIpc) is 2.78. The molecule has 16 heavy (non-hydrogen) atoms. The first-order valence-electron chi connectivity index (χ1n) is 6.05. The third kappa shape index (κ3) is 1.81. The van der Waals surface area contributed by atoms with Crippen molar-refractivity contribution in [2.24, 2.45) is 17.3 Å². The molecule has 2 heteroatoms. The van der Waals surface area contributed by atoms with Gasteiger partial charge in [0.25, 0.3) is 0 Å². The fourth-order valence-electron chi connectivity index (χ4n) is 3.34. The highest BCUT2D eigenvalue weighted by Crippen LogP contribution is 2.60. The number of carbonyl (C=O) groups excluding carboxylic acids is 1. The van der Waals surface area contributed by atoms with Crippen LogP contribution in [0.2, 0.25) is 0 Å². The van der Waals surface area contributed by atoms with Crippen LogP contribution in [0.4, 0.5) is 0 Å². The fourth-order valence-corrected chi connectivity index (χ4v) is 3.34. The van der Waals surface area contributed by atoms with Gasteiger partial charge in [0.1, 0.15) is 0 Å². The lowest BCUT2D eigenvalue weighted by Gasteiger charge is -2.35. The number of esters is 1. The number of carbonyl (C=O) groups is 1. The van der Waals surface area contributed by atoms with E-state index in [1.807, 2.05) is 6.08 Å². The predicted octanol–water partition coefficient (Wildman–Crippen LogP) is 3.45. The largest absolute Gasteiger partial charge is 0.435 e. The van der Waals surface area contributed by atoms with E-state index in [0.29, 0.717) is 0 Å². The summed E-state index contributed by atoms with van der Waals surface area (Å²) < 4.78 is 4.81. The number of fused-ring (bicyclic) bond motifs is 2. The molecule has 2 nitrogen and oxygen atoms in total. The van der Waals surface area contributed by atoms with Crippen LogP contribution in [0.1, 0.15) is 39.5 Å². The summed E-state index contributed by atoms with van der Waals surface area (Å²) in [4.78, 5) is 10.6. The zero-order valence-corrected chi connectivity index (χ0v) is 10.2. The Kier molecular flexibility index (Phi) is 2.92. The van der Waals surface area contributed by atoms with Crippen LogP contribution >= 0.6 is 0 Å². The lowest BCUT2D eigenvalue weighted by molar-refractivity contribution is -0.135. The van der Waals surface area contributed by atoms with Crippen molar-refractivity contribution in [2.45, 2.75) is 39.5 Å². The highest BCUT2D eigenvalue weighted by Gasteiger charge is 2.49. The Labute approximate surface area is 97.4 Å². The van der Waals surface area contributed by atoms with Crippen LogP contribution < -0.4 is 0 Å². The van der Waals surface area contributed by atoms with Gasteiger partial charge in [0.15, 0.2) is 0 Å². The number of allylic oxidation sites excluding steroid dienone is 2. The summed E-state index contributed by atoms with van der Waals surface area (Å²) in [5.74, 6) is 1.28. The lowest BCUT2D eigenvalue weighted by Crippen LogP contribution is -2.25. The molecule has 88 valence electrons. The Hall–Kier alpha value is -1.05. The zero-order chi connectivity index (χ0) is 11.8. The summed E-state index contributed by atoms with van der Waals surface area (Å²) in [6, 6.07) is 0. The van der Waals surface area contributed by atoms with Gasteiger partial charge in [-0.2, -0.15) is 0 Å². The smallest absolute Gasteiger partial charge is 0.307 e. The van der Waals surface area contributed by atoms with E-state index in [0.717, 1.165) is 18.3 Å². The molecule has 0 aromatic heterocycles. The van der Waals surface area contributed by atoms with Crippen LogP contribution in [0.3, 0.4) is 0 Å². The second-order valence-electron chi connectivity index (χ2n) is 5.33. The molecule has 0 radical (unpaired) electrons. The summed E-state index contributed by atoms with van der Waals surface area (Å²) in [5.41, 5.74) is 1.65. The van der Waals surface area contributed by atoms with Crippen molar-refractivity contribution in [3.05, 3.63) is 24.5 Å². The molecule has 0 N–H and O–H groups in total. The third-order valence-corrected chi connectivity index (χ3v) is 4.43. The second-order valence-corrected chi connectivity index (χ2v) is 5.33. The molecule has 0 heterocycles. The normalized spacial score (nSPS) is 37.2. The van der Waals surface area contributed by atoms with E-state index in [-0.39, 0.29) is 11.4 Å². The SMILES string of the molecule is C=C1[C@@H]2CC[C@@H](C2)[C@@]1(C)CC=COC(C)=O. The van der Waals surface area contributed by atoms with Crippen LogP contribution in [-0.2, 0) is 9.53 Å². The first kappa shape index (κ1) is 11.4. The molecule has 2 rings (SSSR count). The van der Waals surface area contributed by atoms with E-state index in [4.69, 9.17) is 4.74 Å². The Balaban J connectivity index is 1.96. The van der Waals surface area contributed by atoms with Crippen molar-refractivity contribution in [3.8, 4) is 0 Å². The Morgan fingerprint density at radius 1 is 1.62 bits per heavy atom. The molecule has 2 aliphatic carbocycles. The molecule has 0 aromatic rings. The maximum Gasteiger partial charge on any atom is 0.307 e. The number of ether oxygens (including phenoxy) is 1. The molecule has 0 spiro atoms.